The third kappa shape index (κ3) is 4.98. The number of aryl methyl sites for hydroxylation is 1. The first-order chi connectivity index (χ1) is 14.8. The second-order valence-corrected chi connectivity index (χ2v) is 7.23. The summed E-state index contributed by atoms with van der Waals surface area (Å²) in [5.41, 5.74) is 14.7. The molecular formula is C23H26N6O2. The van der Waals surface area contributed by atoms with Crippen LogP contribution in [0.25, 0.3) is 11.3 Å². The number of nitrogens with zero attached hydrogens (tertiary/aromatic N) is 2. The Kier molecular flexibility index (Phi) is 6.49. The van der Waals surface area contributed by atoms with Gasteiger partial charge in [-0.15, -0.1) is 0 Å². The molecule has 0 saturated heterocycles. The third-order valence-corrected chi connectivity index (χ3v) is 5.02. The molecule has 1 amide bonds. The second kappa shape index (κ2) is 9.25. The number of hydrogen-bond donors (Lipinski definition) is 4. The van der Waals surface area contributed by atoms with Crippen molar-refractivity contribution >= 4 is 17.4 Å². The Morgan fingerprint density at radius 3 is 2.52 bits per heavy atom. The van der Waals surface area contributed by atoms with E-state index in [9.17, 15) is 9.59 Å². The molecule has 0 fully saturated rings. The minimum absolute atomic E-state index is 0.0104. The van der Waals surface area contributed by atoms with Gasteiger partial charge < -0.3 is 16.8 Å². The van der Waals surface area contributed by atoms with Crippen molar-refractivity contribution in [3.8, 4) is 11.3 Å². The van der Waals surface area contributed by atoms with Crippen LogP contribution in [0.3, 0.4) is 0 Å². The quantitative estimate of drug-likeness (QED) is 0.264. The number of carbonyl (C=O) groups is 1. The summed E-state index contributed by atoms with van der Waals surface area (Å²) in [4.78, 5) is 30.4. The van der Waals surface area contributed by atoms with Gasteiger partial charge in [0.15, 0.2) is 0 Å². The maximum absolute atomic E-state index is 13.1. The molecule has 0 radical (unpaired) electrons. The summed E-state index contributed by atoms with van der Waals surface area (Å²) in [6.45, 7) is 4.40. The van der Waals surface area contributed by atoms with Crippen LogP contribution in [0.1, 0.15) is 29.4 Å². The molecule has 8 nitrogen and oxygen atoms in total. The fraction of sp³-hybridized carbons (Fsp3) is 0.217. The number of nitrogen functional groups attached to an aromatic ring is 2. The Bertz CT molecular complexity index is 1180. The zero-order chi connectivity index (χ0) is 22.5. The van der Waals surface area contributed by atoms with Crippen molar-refractivity contribution in [3.63, 3.8) is 0 Å². The molecule has 1 aromatic heterocycles. The van der Waals surface area contributed by atoms with E-state index in [1.54, 1.807) is 54.0 Å². The van der Waals surface area contributed by atoms with E-state index in [1.165, 1.54) is 0 Å². The van der Waals surface area contributed by atoms with Crippen molar-refractivity contribution in [1.82, 2.24) is 14.9 Å². The molecule has 1 heterocycles. The highest BCUT2D eigenvalue weighted by Gasteiger charge is 2.18. The molecule has 3 aromatic rings. The maximum Gasteiger partial charge on any atom is 0.257 e. The topological polar surface area (TPSA) is 140 Å². The van der Waals surface area contributed by atoms with Crippen molar-refractivity contribution in [2.75, 3.05) is 5.73 Å². The zero-order valence-corrected chi connectivity index (χ0v) is 17.6. The van der Waals surface area contributed by atoms with Gasteiger partial charge >= 0.3 is 0 Å². The van der Waals surface area contributed by atoms with Gasteiger partial charge in [-0.25, -0.2) is 4.98 Å². The number of amidine groups is 1. The van der Waals surface area contributed by atoms with E-state index in [-0.39, 0.29) is 23.7 Å². The summed E-state index contributed by atoms with van der Waals surface area (Å²) >= 11 is 0. The highest BCUT2D eigenvalue weighted by Crippen LogP contribution is 2.22. The number of aromatic nitrogens is 2. The SMILES string of the molecule is CCn1c(C)nc(-c2cccc(N)c2)c(CC(=O)NCc2ccc(C(=N)N)cc2)c1=O. The molecule has 3 rings (SSSR count). The molecule has 0 unspecified atom stereocenters. The van der Waals surface area contributed by atoms with E-state index in [1.807, 2.05) is 13.0 Å². The normalized spacial score (nSPS) is 10.6. The predicted octanol–water partition coefficient (Wildman–Crippen LogP) is 1.96. The lowest BCUT2D eigenvalue weighted by atomic mass is 10.0. The van der Waals surface area contributed by atoms with E-state index in [4.69, 9.17) is 16.9 Å². The molecule has 2 aromatic carbocycles. The first kappa shape index (κ1) is 21.8. The average Bonchev–Trinajstić information content (AvgIpc) is 2.74. The monoisotopic (exact) mass is 418 g/mol. The Labute approximate surface area is 180 Å². The Hall–Kier alpha value is -3.94. The summed E-state index contributed by atoms with van der Waals surface area (Å²) in [6.07, 6.45) is -0.0955. The molecule has 0 aliphatic heterocycles. The van der Waals surface area contributed by atoms with Crippen LogP contribution in [0.4, 0.5) is 5.69 Å². The first-order valence-corrected chi connectivity index (χ1v) is 9.96. The van der Waals surface area contributed by atoms with Crippen LogP contribution < -0.4 is 22.3 Å². The molecular weight excluding hydrogens is 392 g/mol. The molecule has 0 aliphatic carbocycles. The average molecular weight is 419 g/mol. The fourth-order valence-corrected chi connectivity index (χ4v) is 3.38. The lowest BCUT2D eigenvalue weighted by Gasteiger charge is -2.15. The van der Waals surface area contributed by atoms with Crippen LogP contribution in [-0.4, -0.2) is 21.3 Å². The molecule has 160 valence electrons. The lowest BCUT2D eigenvalue weighted by Crippen LogP contribution is -2.32. The van der Waals surface area contributed by atoms with E-state index in [0.717, 1.165) is 5.56 Å². The van der Waals surface area contributed by atoms with Gasteiger partial charge in [0.2, 0.25) is 5.91 Å². The first-order valence-electron chi connectivity index (χ1n) is 9.96. The standard InChI is InChI=1S/C23H26N6O2/c1-3-29-14(2)28-21(17-5-4-6-18(24)11-17)19(23(29)31)12-20(30)27-13-15-7-9-16(10-8-15)22(25)26/h4-11H,3,12-13,24H2,1-2H3,(H3,25,26)(H,27,30). The van der Waals surface area contributed by atoms with E-state index in [2.05, 4.69) is 10.3 Å². The van der Waals surface area contributed by atoms with Crippen LogP contribution in [-0.2, 0) is 24.3 Å². The molecule has 0 aliphatic rings. The van der Waals surface area contributed by atoms with Gasteiger partial charge in [0.05, 0.1) is 17.7 Å². The Balaban J connectivity index is 1.86. The van der Waals surface area contributed by atoms with Crippen LogP contribution in [0.2, 0.25) is 0 Å². The van der Waals surface area contributed by atoms with Gasteiger partial charge in [0, 0.05) is 29.9 Å². The second-order valence-electron chi connectivity index (χ2n) is 7.23. The van der Waals surface area contributed by atoms with Crippen molar-refractivity contribution in [2.45, 2.75) is 33.4 Å². The van der Waals surface area contributed by atoms with E-state index >= 15 is 0 Å². The molecule has 8 heteroatoms. The van der Waals surface area contributed by atoms with Crippen LogP contribution in [0.5, 0.6) is 0 Å². The van der Waals surface area contributed by atoms with E-state index < -0.39 is 0 Å². The summed E-state index contributed by atoms with van der Waals surface area (Å²) < 4.78 is 1.55. The number of nitrogens with two attached hydrogens (primary N) is 2. The number of anilines is 1. The third-order valence-electron chi connectivity index (χ3n) is 5.02. The summed E-state index contributed by atoms with van der Waals surface area (Å²) in [5, 5.41) is 10.3. The van der Waals surface area contributed by atoms with Gasteiger partial charge in [-0.1, -0.05) is 36.4 Å². The largest absolute Gasteiger partial charge is 0.399 e. The smallest absolute Gasteiger partial charge is 0.257 e. The van der Waals surface area contributed by atoms with Crippen molar-refractivity contribution in [2.24, 2.45) is 5.73 Å². The Morgan fingerprint density at radius 1 is 1.19 bits per heavy atom. The minimum Gasteiger partial charge on any atom is -0.399 e. The van der Waals surface area contributed by atoms with Gasteiger partial charge in [-0.05, 0) is 31.5 Å². The summed E-state index contributed by atoms with van der Waals surface area (Å²) in [5.74, 6) is 0.287. The molecule has 31 heavy (non-hydrogen) atoms. The number of hydrogen-bond acceptors (Lipinski definition) is 5. The maximum atomic E-state index is 13.1. The van der Waals surface area contributed by atoms with E-state index in [0.29, 0.717) is 47.0 Å². The Morgan fingerprint density at radius 2 is 1.90 bits per heavy atom. The van der Waals surface area contributed by atoms with Crippen LogP contribution in [0, 0.1) is 12.3 Å². The van der Waals surface area contributed by atoms with Crippen LogP contribution in [0.15, 0.2) is 53.3 Å². The summed E-state index contributed by atoms with van der Waals surface area (Å²) in [6, 6.07) is 14.2. The zero-order valence-electron chi connectivity index (χ0n) is 17.6. The number of nitrogens with one attached hydrogen (secondary N) is 2. The molecule has 6 N–H and O–H groups in total. The van der Waals surface area contributed by atoms with Gasteiger partial charge in [-0.3, -0.25) is 19.6 Å². The molecule has 0 saturated carbocycles. The number of amides is 1. The number of benzene rings is 2. The highest BCUT2D eigenvalue weighted by atomic mass is 16.2. The fourth-order valence-electron chi connectivity index (χ4n) is 3.38. The van der Waals surface area contributed by atoms with Crippen molar-refractivity contribution in [1.29, 1.82) is 5.41 Å². The molecule has 0 atom stereocenters. The minimum atomic E-state index is -0.286. The van der Waals surface area contributed by atoms with Gasteiger partial charge in [-0.2, -0.15) is 0 Å². The lowest BCUT2D eigenvalue weighted by molar-refractivity contribution is -0.120. The highest BCUT2D eigenvalue weighted by molar-refractivity contribution is 5.94. The van der Waals surface area contributed by atoms with Crippen molar-refractivity contribution < 1.29 is 4.79 Å². The van der Waals surface area contributed by atoms with Crippen LogP contribution >= 0.6 is 0 Å². The van der Waals surface area contributed by atoms with Gasteiger partial charge in [0.25, 0.3) is 5.56 Å². The summed E-state index contributed by atoms with van der Waals surface area (Å²) in [7, 11) is 0. The van der Waals surface area contributed by atoms with Gasteiger partial charge in [0.1, 0.15) is 11.7 Å². The molecule has 0 spiro atoms. The molecule has 0 bridgehead atoms. The number of carbonyl (C=O) groups excluding carboxylic acids is 1. The number of rotatable bonds is 7. The predicted molar refractivity (Wildman–Crippen MR) is 122 cm³/mol. The van der Waals surface area contributed by atoms with Crippen molar-refractivity contribution in [3.05, 3.63) is 81.4 Å².